The van der Waals surface area contributed by atoms with Gasteiger partial charge in [-0.15, -0.1) is 0 Å². The van der Waals surface area contributed by atoms with E-state index in [1.807, 2.05) is 0 Å². The highest BCUT2D eigenvalue weighted by atomic mass is 19.4. The third kappa shape index (κ3) is 3.88. The van der Waals surface area contributed by atoms with E-state index >= 15 is 0 Å². The van der Waals surface area contributed by atoms with Crippen molar-refractivity contribution in [2.75, 3.05) is 0 Å². The Labute approximate surface area is 156 Å². The molecular weight excluding hydrogens is 479 g/mol. The lowest BCUT2D eigenvalue weighted by Crippen LogP contribution is -2.74. The topological polar surface area (TPSA) is 0 Å². The van der Waals surface area contributed by atoms with Crippen molar-refractivity contribution in [2.45, 2.75) is 73.8 Å². The van der Waals surface area contributed by atoms with Gasteiger partial charge in [0.15, 0.2) is 0 Å². The van der Waals surface area contributed by atoms with E-state index < -0.39 is 66.9 Å². The summed E-state index contributed by atoms with van der Waals surface area (Å²) in [7, 11) is 0. The van der Waals surface area contributed by atoms with Gasteiger partial charge in [-0.1, -0.05) is 19.8 Å². The minimum atomic E-state index is -8.58. The van der Waals surface area contributed by atoms with Crippen molar-refractivity contribution in [1.82, 2.24) is 0 Å². The first kappa shape index (κ1) is 28.8. The molecular formula is C13H10F17. The smallest absolute Gasteiger partial charge is 0.199 e. The zero-order chi connectivity index (χ0) is 24.8. The highest BCUT2D eigenvalue weighted by molar-refractivity contribution is 5.16. The molecule has 0 aromatic heterocycles. The lowest BCUT2D eigenvalue weighted by Gasteiger charge is -2.42. The Hall–Kier alpha value is -1.19. The monoisotopic (exact) mass is 489 g/mol. The Balaban J connectivity index is 6.48. The van der Waals surface area contributed by atoms with E-state index in [2.05, 4.69) is 0 Å². The van der Waals surface area contributed by atoms with Crippen LogP contribution in [0.2, 0.25) is 0 Å². The molecule has 0 amide bonds. The summed E-state index contributed by atoms with van der Waals surface area (Å²) in [6.45, 7) is 1.25. The molecule has 0 aromatic rings. The van der Waals surface area contributed by atoms with Crippen LogP contribution in [0, 0.1) is 6.42 Å². The van der Waals surface area contributed by atoms with Crippen molar-refractivity contribution in [3.8, 4) is 0 Å². The van der Waals surface area contributed by atoms with Gasteiger partial charge in [0.1, 0.15) is 0 Å². The fourth-order valence-corrected chi connectivity index (χ4v) is 1.79. The Morgan fingerprint density at radius 2 is 0.767 bits per heavy atom. The summed E-state index contributed by atoms with van der Waals surface area (Å²) in [4.78, 5) is 0. The molecule has 17 heteroatoms. The van der Waals surface area contributed by atoms with Crippen LogP contribution in [0.4, 0.5) is 74.6 Å². The molecule has 0 heterocycles. The van der Waals surface area contributed by atoms with E-state index in [-0.39, 0.29) is 6.42 Å². The van der Waals surface area contributed by atoms with Crippen molar-refractivity contribution < 1.29 is 74.6 Å². The van der Waals surface area contributed by atoms with E-state index in [1.165, 1.54) is 6.92 Å². The molecule has 30 heavy (non-hydrogen) atoms. The van der Waals surface area contributed by atoms with Gasteiger partial charge in [0.25, 0.3) is 0 Å². The van der Waals surface area contributed by atoms with Crippen molar-refractivity contribution in [3.05, 3.63) is 6.42 Å². The predicted molar refractivity (Wildman–Crippen MR) is 64.5 cm³/mol. The molecule has 0 aliphatic heterocycles. The summed E-state index contributed by atoms with van der Waals surface area (Å²) < 4.78 is 220. The molecule has 0 rings (SSSR count). The molecule has 0 aromatic carbocycles. The van der Waals surface area contributed by atoms with E-state index in [4.69, 9.17) is 0 Å². The van der Waals surface area contributed by atoms with Gasteiger partial charge < -0.3 is 0 Å². The molecule has 0 N–H and O–H groups in total. The number of hydrogen-bond donors (Lipinski definition) is 0. The predicted octanol–water partition coefficient (Wildman–Crippen LogP) is 7.39. The summed E-state index contributed by atoms with van der Waals surface area (Å²) in [5, 5.41) is 0. The van der Waals surface area contributed by atoms with Crippen LogP contribution in [0.15, 0.2) is 0 Å². The molecule has 0 saturated carbocycles. The van der Waals surface area contributed by atoms with Gasteiger partial charge in [0, 0.05) is 6.42 Å². The Morgan fingerprint density at radius 3 is 1.07 bits per heavy atom. The van der Waals surface area contributed by atoms with Crippen LogP contribution in [0.5, 0.6) is 0 Å². The molecule has 0 unspecified atom stereocenters. The molecule has 181 valence electrons. The first-order valence-corrected chi connectivity index (χ1v) is 7.37. The molecule has 1 radical (unpaired) electrons. The molecule has 0 aliphatic carbocycles. The molecule has 0 nitrogen and oxygen atoms in total. The maximum atomic E-state index is 13.4. The minimum absolute atomic E-state index is 0.0540. The Kier molecular flexibility index (Phi) is 7.44. The first-order chi connectivity index (χ1) is 12.8. The second kappa shape index (κ2) is 7.74. The van der Waals surface area contributed by atoms with Gasteiger partial charge in [0.05, 0.1) is 0 Å². The Morgan fingerprint density at radius 1 is 0.467 bits per heavy atom. The average molecular weight is 489 g/mol. The molecule has 0 atom stereocenters. The van der Waals surface area contributed by atoms with Crippen LogP contribution in [-0.2, 0) is 0 Å². The highest BCUT2D eigenvalue weighted by Gasteiger charge is 2.95. The molecule has 0 spiro atoms. The van der Waals surface area contributed by atoms with Crippen LogP contribution < -0.4 is 0 Å². The summed E-state index contributed by atoms with van der Waals surface area (Å²) in [5.41, 5.74) is 0. The van der Waals surface area contributed by atoms with E-state index in [0.717, 1.165) is 0 Å². The van der Waals surface area contributed by atoms with Gasteiger partial charge in [-0.05, 0) is 6.42 Å². The van der Waals surface area contributed by atoms with Gasteiger partial charge in [-0.2, -0.15) is 74.6 Å². The van der Waals surface area contributed by atoms with Crippen LogP contribution in [0.3, 0.4) is 0 Å². The van der Waals surface area contributed by atoms with Crippen molar-refractivity contribution in [3.63, 3.8) is 0 Å². The first-order valence-electron chi connectivity index (χ1n) is 7.37. The van der Waals surface area contributed by atoms with Gasteiger partial charge in [-0.3, -0.25) is 0 Å². The summed E-state index contributed by atoms with van der Waals surface area (Å²) in [6.07, 6.45) is -10.5. The largest absolute Gasteiger partial charge is 0.460 e. The number of unbranched alkanes of at least 4 members (excludes halogenated alkanes) is 2. The molecule has 0 bridgehead atoms. The minimum Gasteiger partial charge on any atom is -0.199 e. The lowest BCUT2D eigenvalue weighted by molar-refractivity contribution is -0.460. The van der Waals surface area contributed by atoms with Crippen LogP contribution in [-0.4, -0.2) is 47.6 Å². The van der Waals surface area contributed by atoms with Crippen LogP contribution in [0.1, 0.15) is 26.2 Å². The van der Waals surface area contributed by atoms with E-state index in [0.29, 0.717) is 0 Å². The molecule has 0 saturated heterocycles. The SMILES string of the molecule is CCCC[CH]C(F)(F)C(F)(F)C(F)(F)C(F)(F)C(F)(F)C(F)(F)C(F)(F)C(F)(F)F. The molecule has 0 aliphatic rings. The van der Waals surface area contributed by atoms with Gasteiger partial charge in [0.2, 0.25) is 0 Å². The van der Waals surface area contributed by atoms with Crippen molar-refractivity contribution in [2.24, 2.45) is 0 Å². The quantitative estimate of drug-likeness (QED) is 0.222. The van der Waals surface area contributed by atoms with E-state index in [9.17, 15) is 74.6 Å². The maximum absolute atomic E-state index is 13.4. The number of alkyl halides is 17. The second-order valence-corrected chi connectivity index (χ2v) is 5.91. The zero-order valence-electron chi connectivity index (χ0n) is 14.1. The third-order valence-corrected chi connectivity index (χ3v) is 3.70. The summed E-state index contributed by atoms with van der Waals surface area (Å²) in [6, 6.07) is 0. The normalized spacial score (nSPS) is 16.2. The fourth-order valence-electron chi connectivity index (χ4n) is 1.79. The lowest BCUT2D eigenvalue weighted by atomic mass is 9.88. The van der Waals surface area contributed by atoms with Gasteiger partial charge in [-0.25, -0.2) is 0 Å². The van der Waals surface area contributed by atoms with Gasteiger partial charge >= 0.3 is 47.6 Å². The molecule has 0 fully saturated rings. The zero-order valence-corrected chi connectivity index (χ0v) is 14.1. The Bertz CT molecular complexity index is 585. The standard InChI is InChI=1S/C13H10F17/c1-2-3-4-5-6(14,15)7(16,17)8(18,19)9(20,21)10(22,23)11(24,25)12(26,27)13(28,29)30/h5H,2-4H2,1H3. The highest BCUT2D eigenvalue weighted by Crippen LogP contribution is 2.64. The third-order valence-electron chi connectivity index (χ3n) is 3.70. The number of hydrogen-bond acceptors (Lipinski definition) is 0. The summed E-state index contributed by atoms with van der Waals surface area (Å²) >= 11 is 0. The number of halogens is 17. The maximum Gasteiger partial charge on any atom is 0.460 e. The number of rotatable bonds is 10. The fraction of sp³-hybridized carbons (Fsp3) is 0.923. The average Bonchev–Trinajstić information content (AvgIpc) is 2.52. The summed E-state index contributed by atoms with van der Waals surface area (Å²) in [5.74, 6) is -55.9. The van der Waals surface area contributed by atoms with Crippen LogP contribution in [0.25, 0.3) is 0 Å². The second-order valence-electron chi connectivity index (χ2n) is 5.91. The van der Waals surface area contributed by atoms with Crippen molar-refractivity contribution >= 4 is 0 Å². The van der Waals surface area contributed by atoms with E-state index in [1.54, 1.807) is 0 Å². The van der Waals surface area contributed by atoms with Crippen molar-refractivity contribution in [1.29, 1.82) is 0 Å². The van der Waals surface area contributed by atoms with Crippen LogP contribution >= 0.6 is 0 Å².